The molecule has 0 heterocycles. The SMILES string of the molecule is O=C(OC1(F)CCCC1F)C(O)c1ccccc1. The molecule has 0 spiro atoms. The van der Waals surface area contributed by atoms with Crippen LogP contribution in [-0.4, -0.2) is 23.1 Å². The van der Waals surface area contributed by atoms with Gasteiger partial charge in [-0.15, -0.1) is 0 Å². The van der Waals surface area contributed by atoms with Crippen molar-refractivity contribution >= 4 is 5.97 Å². The maximum Gasteiger partial charge on any atom is 0.342 e. The van der Waals surface area contributed by atoms with Crippen molar-refractivity contribution < 1.29 is 23.4 Å². The molecule has 1 aromatic carbocycles. The molecule has 3 unspecified atom stereocenters. The Morgan fingerprint density at radius 3 is 2.67 bits per heavy atom. The molecule has 1 aromatic rings. The van der Waals surface area contributed by atoms with Crippen LogP contribution in [0, 0.1) is 0 Å². The molecule has 0 amide bonds. The third-order valence-electron chi connectivity index (χ3n) is 3.05. The molecule has 98 valence electrons. The minimum Gasteiger partial charge on any atom is -0.423 e. The lowest BCUT2D eigenvalue weighted by molar-refractivity contribution is -0.202. The van der Waals surface area contributed by atoms with Crippen LogP contribution in [0.3, 0.4) is 0 Å². The van der Waals surface area contributed by atoms with Gasteiger partial charge in [0.25, 0.3) is 5.85 Å². The van der Waals surface area contributed by atoms with E-state index in [-0.39, 0.29) is 12.8 Å². The number of aliphatic hydroxyl groups excluding tert-OH is 1. The first kappa shape index (κ1) is 13.0. The summed E-state index contributed by atoms with van der Waals surface area (Å²) in [7, 11) is 0. The third kappa shape index (κ3) is 2.51. The average molecular weight is 256 g/mol. The fourth-order valence-corrected chi connectivity index (χ4v) is 2.00. The summed E-state index contributed by atoms with van der Waals surface area (Å²) < 4.78 is 31.7. The molecule has 1 aliphatic rings. The molecule has 2 rings (SSSR count). The van der Waals surface area contributed by atoms with Gasteiger partial charge in [-0.3, -0.25) is 0 Å². The summed E-state index contributed by atoms with van der Waals surface area (Å²) >= 11 is 0. The lowest BCUT2D eigenvalue weighted by atomic mass is 10.1. The van der Waals surface area contributed by atoms with Gasteiger partial charge in [0.15, 0.2) is 12.3 Å². The second-order valence-electron chi connectivity index (χ2n) is 4.38. The first-order chi connectivity index (χ1) is 8.53. The van der Waals surface area contributed by atoms with Crippen molar-refractivity contribution in [2.75, 3.05) is 0 Å². The molecule has 1 fully saturated rings. The molecule has 0 aromatic heterocycles. The second-order valence-corrected chi connectivity index (χ2v) is 4.38. The van der Waals surface area contributed by atoms with Gasteiger partial charge in [0.1, 0.15) is 0 Å². The Labute approximate surface area is 103 Å². The van der Waals surface area contributed by atoms with E-state index in [4.69, 9.17) is 0 Å². The Morgan fingerprint density at radius 1 is 1.44 bits per heavy atom. The normalized spacial score (nSPS) is 28.9. The Hall–Kier alpha value is -1.49. The number of carbonyl (C=O) groups is 1. The monoisotopic (exact) mass is 256 g/mol. The molecule has 0 aliphatic heterocycles. The number of rotatable bonds is 3. The van der Waals surface area contributed by atoms with Gasteiger partial charge in [-0.1, -0.05) is 30.3 Å². The molecule has 1 aliphatic carbocycles. The van der Waals surface area contributed by atoms with Crippen LogP contribution in [0.15, 0.2) is 30.3 Å². The molecule has 0 radical (unpaired) electrons. The van der Waals surface area contributed by atoms with Gasteiger partial charge in [-0.05, 0) is 18.4 Å². The van der Waals surface area contributed by atoms with E-state index in [1.165, 1.54) is 12.1 Å². The third-order valence-corrected chi connectivity index (χ3v) is 3.05. The van der Waals surface area contributed by atoms with E-state index < -0.39 is 24.1 Å². The predicted octanol–water partition coefficient (Wildman–Crippen LogP) is 2.45. The van der Waals surface area contributed by atoms with Crippen LogP contribution in [0.1, 0.15) is 30.9 Å². The van der Waals surface area contributed by atoms with Crippen molar-refractivity contribution in [2.45, 2.75) is 37.4 Å². The zero-order chi connectivity index (χ0) is 13.2. The van der Waals surface area contributed by atoms with Crippen LogP contribution in [-0.2, 0) is 9.53 Å². The second kappa shape index (κ2) is 5.02. The maximum atomic E-state index is 13.9. The van der Waals surface area contributed by atoms with E-state index in [0.29, 0.717) is 12.0 Å². The topological polar surface area (TPSA) is 46.5 Å². The van der Waals surface area contributed by atoms with Gasteiger partial charge >= 0.3 is 5.97 Å². The number of benzene rings is 1. The maximum absolute atomic E-state index is 13.9. The first-order valence-electron chi connectivity index (χ1n) is 5.82. The number of hydrogen-bond donors (Lipinski definition) is 1. The lowest BCUT2D eigenvalue weighted by Crippen LogP contribution is -2.37. The Bertz CT molecular complexity index is 424. The standard InChI is InChI=1S/C13H14F2O3/c14-10-7-4-8-13(10,15)18-12(17)11(16)9-5-2-1-3-6-9/h1-3,5-6,10-11,16H,4,7-8H2. The summed E-state index contributed by atoms with van der Waals surface area (Å²) in [6.45, 7) is 0. The van der Waals surface area contributed by atoms with Gasteiger partial charge in [-0.25, -0.2) is 9.18 Å². The number of halogens is 2. The van der Waals surface area contributed by atoms with Gasteiger partial charge in [0.05, 0.1) is 0 Å². The minimum absolute atomic E-state index is 0.0329. The lowest BCUT2D eigenvalue weighted by Gasteiger charge is -2.23. The first-order valence-corrected chi connectivity index (χ1v) is 5.82. The van der Waals surface area contributed by atoms with Crippen molar-refractivity contribution in [1.29, 1.82) is 0 Å². The van der Waals surface area contributed by atoms with Crippen molar-refractivity contribution in [3.05, 3.63) is 35.9 Å². The highest BCUT2D eigenvalue weighted by molar-refractivity contribution is 5.76. The van der Waals surface area contributed by atoms with E-state index in [1.807, 2.05) is 0 Å². The molecule has 3 atom stereocenters. The number of ether oxygens (including phenoxy) is 1. The smallest absolute Gasteiger partial charge is 0.342 e. The van der Waals surface area contributed by atoms with E-state index in [0.717, 1.165) is 0 Å². The summed E-state index contributed by atoms with van der Waals surface area (Å²) in [6.07, 6.45) is -3.21. The molecular weight excluding hydrogens is 242 g/mol. The number of esters is 1. The van der Waals surface area contributed by atoms with Gasteiger partial charge < -0.3 is 9.84 Å². The van der Waals surface area contributed by atoms with E-state index in [9.17, 15) is 18.7 Å². The molecule has 0 bridgehead atoms. The molecule has 18 heavy (non-hydrogen) atoms. The van der Waals surface area contributed by atoms with Crippen molar-refractivity contribution in [2.24, 2.45) is 0 Å². The Morgan fingerprint density at radius 2 is 2.11 bits per heavy atom. The number of aliphatic hydroxyl groups is 1. The van der Waals surface area contributed by atoms with Crippen molar-refractivity contribution in [1.82, 2.24) is 0 Å². The fraction of sp³-hybridized carbons (Fsp3) is 0.462. The zero-order valence-electron chi connectivity index (χ0n) is 9.68. The van der Waals surface area contributed by atoms with Crippen LogP contribution >= 0.6 is 0 Å². The average Bonchev–Trinajstić information content (AvgIpc) is 2.69. The Balaban J connectivity index is 2.04. The van der Waals surface area contributed by atoms with Crippen molar-refractivity contribution in [3.63, 3.8) is 0 Å². The van der Waals surface area contributed by atoms with E-state index in [2.05, 4.69) is 4.74 Å². The van der Waals surface area contributed by atoms with Gasteiger partial charge in [0, 0.05) is 6.42 Å². The van der Waals surface area contributed by atoms with Crippen LogP contribution in [0.4, 0.5) is 8.78 Å². The molecular formula is C13H14F2O3. The van der Waals surface area contributed by atoms with Gasteiger partial charge in [-0.2, -0.15) is 4.39 Å². The summed E-state index contributed by atoms with van der Waals surface area (Å²) in [4.78, 5) is 11.6. The number of hydrogen-bond acceptors (Lipinski definition) is 3. The highest BCUT2D eigenvalue weighted by Gasteiger charge is 2.48. The fourth-order valence-electron chi connectivity index (χ4n) is 2.00. The van der Waals surface area contributed by atoms with Crippen LogP contribution in [0.2, 0.25) is 0 Å². The quantitative estimate of drug-likeness (QED) is 0.845. The molecule has 3 nitrogen and oxygen atoms in total. The van der Waals surface area contributed by atoms with Crippen molar-refractivity contribution in [3.8, 4) is 0 Å². The summed E-state index contributed by atoms with van der Waals surface area (Å²) in [5.74, 6) is -3.75. The minimum atomic E-state index is -2.59. The highest BCUT2D eigenvalue weighted by atomic mass is 19.2. The van der Waals surface area contributed by atoms with Crippen LogP contribution in [0.25, 0.3) is 0 Å². The van der Waals surface area contributed by atoms with Crippen LogP contribution < -0.4 is 0 Å². The zero-order valence-corrected chi connectivity index (χ0v) is 9.68. The molecule has 1 N–H and O–H groups in total. The summed E-state index contributed by atoms with van der Waals surface area (Å²) in [5.41, 5.74) is 0.291. The number of alkyl halides is 2. The highest BCUT2D eigenvalue weighted by Crippen LogP contribution is 2.38. The molecule has 5 heteroatoms. The summed E-state index contributed by atoms with van der Waals surface area (Å²) in [5, 5.41) is 9.69. The molecule has 1 saturated carbocycles. The van der Waals surface area contributed by atoms with E-state index in [1.54, 1.807) is 18.2 Å². The largest absolute Gasteiger partial charge is 0.423 e. The van der Waals surface area contributed by atoms with Crippen LogP contribution in [0.5, 0.6) is 0 Å². The number of carbonyl (C=O) groups excluding carboxylic acids is 1. The predicted molar refractivity (Wildman–Crippen MR) is 60.1 cm³/mol. The summed E-state index contributed by atoms with van der Waals surface area (Å²) in [6, 6.07) is 8.00. The molecule has 0 saturated heterocycles. The van der Waals surface area contributed by atoms with E-state index >= 15 is 0 Å². The van der Waals surface area contributed by atoms with Gasteiger partial charge in [0.2, 0.25) is 0 Å². The Kier molecular flexibility index (Phi) is 3.61.